The molecule has 1 heterocycles. The fourth-order valence-electron chi connectivity index (χ4n) is 5.22. The number of carbonyl (C=O) groups excluding carboxylic acids is 1. The van der Waals surface area contributed by atoms with Gasteiger partial charge in [0.2, 0.25) is 5.91 Å². The normalized spacial score (nSPS) is 12.9. The fourth-order valence-corrected chi connectivity index (χ4v) is 5.22. The predicted molar refractivity (Wildman–Crippen MR) is 155 cm³/mol. The SMILES string of the molecule is CCN(NCCC(C(=O)O)c1cn(C)c2ccccc12)C(Cc1ccccc1)C(=O)N(C)Cc1ccccc1. The van der Waals surface area contributed by atoms with Gasteiger partial charge in [-0.05, 0) is 35.6 Å². The summed E-state index contributed by atoms with van der Waals surface area (Å²) >= 11 is 0. The lowest BCUT2D eigenvalue weighted by molar-refractivity contribution is -0.140. The van der Waals surface area contributed by atoms with E-state index in [9.17, 15) is 14.7 Å². The largest absolute Gasteiger partial charge is 0.481 e. The van der Waals surface area contributed by atoms with Gasteiger partial charge < -0.3 is 14.6 Å². The van der Waals surface area contributed by atoms with Crippen molar-refractivity contribution in [2.24, 2.45) is 7.05 Å². The van der Waals surface area contributed by atoms with Crippen LogP contribution in [0.5, 0.6) is 0 Å². The van der Waals surface area contributed by atoms with Crippen LogP contribution in [0.4, 0.5) is 0 Å². The predicted octanol–water partition coefficient (Wildman–Crippen LogP) is 4.83. The summed E-state index contributed by atoms with van der Waals surface area (Å²) in [5, 5.41) is 13.0. The van der Waals surface area contributed by atoms with Crippen LogP contribution in [-0.4, -0.2) is 57.6 Å². The Morgan fingerprint density at radius 3 is 2.18 bits per heavy atom. The van der Waals surface area contributed by atoms with E-state index in [1.807, 2.05) is 122 Å². The third-order valence-electron chi connectivity index (χ3n) is 7.26. The third-order valence-corrected chi connectivity index (χ3v) is 7.26. The molecular weight excluding hydrogens is 488 g/mol. The van der Waals surface area contributed by atoms with Gasteiger partial charge >= 0.3 is 5.97 Å². The second-order valence-electron chi connectivity index (χ2n) is 9.97. The number of nitrogens with zero attached hydrogens (tertiary/aromatic N) is 3. The van der Waals surface area contributed by atoms with Crippen LogP contribution in [0.3, 0.4) is 0 Å². The number of aromatic nitrogens is 1. The number of nitrogens with one attached hydrogen (secondary N) is 1. The van der Waals surface area contributed by atoms with Crippen molar-refractivity contribution in [3.8, 4) is 0 Å². The Morgan fingerprint density at radius 1 is 0.923 bits per heavy atom. The molecule has 7 nitrogen and oxygen atoms in total. The van der Waals surface area contributed by atoms with Crippen molar-refractivity contribution in [2.75, 3.05) is 20.1 Å². The van der Waals surface area contributed by atoms with Gasteiger partial charge in [-0.15, -0.1) is 0 Å². The monoisotopic (exact) mass is 526 g/mol. The number of carboxylic acids is 1. The van der Waals surface area contributed by atoms with Crippen LogP contribution in [0.1, 0.15) is 36.0 Å². The molecule has 0 bridgehead atoms. The van der Waals surface area contributed by atoms with E-state index in [0.717, 1.165) is 27.6 Å². The highest BCUT2D eigenvalue weighted by atomic mass is 16.4. The van der Waals surface area contributed by atoms with Gasteiger partial charge in [-0.1, -0.05) is 85.8 Å². The molecule has 0 aliphatic heterocycles. The van der Waals surface area contributed by atoms with E-state index in [0.29, 0.717) is 32.5 Å². The number of carbonyl (C=O) groups is 2. The molecule has 204 valence electrons. The molecule has 2 N–H and O–H groups in total. The van der Waals surface area contributed by atoms with Crippen molar-refractivity contribution < 1.29 is 14.7 Å². The molecule has 3 aromatic carbocycles. The average molecular weight is 527 g/mol. The maximum absolute atomic E-state index is 13.8. The lowest BCUT2D eigenvalue weighted by Gasteiger charge is -2.33. The Balaban J connectivity index is 1.50. The highest BCUT2D eigenvalue weighted by Gasteiger charge is 2.29. The third kappa shape index (κ3) is 6.93. The van der Waals surface area contributed by atoms with Crippen LogP contribution in [-0.2, 0) is 29.6 Å². The van der Waals surface area contributed by atoms with Crippen LogP contribution in [0.25, 0.3) is 10.9 Å². The van der Waals surface area contributed by atoms with Crippen molar-refractivity contribution in [2.45, 2.75) is 38.3 Å². The first-order chi connectivity index (χ1) is 18.9. The first-order valence-electron chi connectivity index (χ1n) is 13.5. The van der Waals surface area contributed by atoms with Crippen LogP contribution in [0, 0.1) is 0 Å². The first-order valence-corrected chi connectivity index (χ1v) is 13.5. The molecule has 0 fully saturated rings. The molecule has 7 heteroatoms. The van der Waals surface area contributed by atoms with Crippen LogP contribution in [0.15, 0.2) is 91.1 Å². The fraction of sp³-hybridized carbons (Fsp3) is 0.312. The minimum absolute atomic E-state index is 0.0147. The quantitative estimate of drug-likeness (QED) is 0.244. The molecule has 1 aromatic heterocycles. The molecule has 39 heavy (non-hydrogen) atoms. The van der Waals surface area contributed by atoms with E-state index in [1.54, 1.807) is 4.90 Å². The summed E-state index contributed by atoms with van der Waals surface area (Å²) in [5.41, 5.74) is 7.38. The van der Waals surface area contributed by atoms with Crippen LogP contribution < -0.4 is 5.43 Å². The number of hydrogen-bond acceptors (Lipinski definition) is 4. The van der Waals surface area contributed by atoms with Gasteiger partial charge in [-0.3, -0.25) is 15.0 Å². The summed E-state index contributed by atoms with van der Waals surface area (Å²) in [7, 11) is 3.77. The Labute approximate surface area is 230 Å². The number of amides is 1. The second kappa shape index (κ2) is 13.2. The molecule has 0 saturated carbocycles. The standard InChI is InChI=1S/C32H38N4O3/c1-4-36(33-20-19-27(32(38)39)28-23-34(2)29-18-12-11-17-26(28)29)30(21-24-13-7-5-8-14-24)31(37)35(3)22-25-15-9-6-10-16-25/h5-18,23,27,30,33H,4,19-22H2,1-3H3,(H,38,39). The van der Waals surface area contributed by atoms with E-state index < -0.39 is 17.9 Å². The van der Waals surface area contributed by atoms with Crippen LogP contribution >= 0.6 is 0 Å². The Bertz CT molecular complexity index is 1370. The summed E-state index contributed by atoms with van der Waals surface area (Å²) in [6.45, 7) is 3.54. The first kappa shape index (κ1) is 28.1. The van der Waals surface area contributed by atoms with Gasteiger partial charge in [-0.2, -0.15) is 0 Å². The zero-order valence-corrected chi connectivity index (χ0v) is 23.0. The molecule has 4 aromatic rings. The van der Waals surface area contributed by atoms with Crippen molar-refractivity contribution in [3.05, 3.63) is 108 Å². The van der Waals surface area contributed by atoms with Gasteiger partial charge in [0, 0.05) is 50.8 Å². The van der Waals surface area contributed by atoms with Gasteiger partial charge in [0.1, 0.15) is 6.04 Å². The minimum Gasteiger partial charge on any atom is -0.481 e. The maximum atomic E-state index is 13.8. The van der Waals surface area contributed by atoms with Crippen molar-refractivity contribution in [3.63, 3.8) is 0 Å². The van der Waals surface area contributed by atoms with Gasteiger partial charge in [0.05, 0.1) is 5.92 Å². The summed E-state index contributed by atoms with van der Waals surface area (Å²) in [6.07, 6.45) is 2.86. The zero-order chi connectivity index (χ0) is 27.8. The number of rotatable bonds is 13. The molecule has 0 radical (unpaired) electrons. The van der Waals surface area contributed by atoms with E-state index in [4.69, 9.17) is 0 Å². The molecule has 2 atom stereocenters. The molecule has 0 aliphatic rings. The molecule has 0 saturated heterocycles. The summed E-state index contributed by atoms with van der Waals surface area (Å²) in [4.78, 5) is 27.9. The Kier molecular flexibility index (Phi) is 9.52. The molecule has 0 spiro atoms. The van der Waals surface area contributed by atoms with Gasteiger partial charge in [0.15, 0.2) is 0 Å². The molecular formula is C32H38N4O3. The molecule has 2 unspecified atom stereocenters. The summed E-state index contributed by atoms with van der Waals surface area (Å²) < 4.78 is 1.98. The molecule has 0 aliphatic carbocycles. The number of aryl methyl sites for hydroxylation is 1. The van der Waals surface area contributed by atoms with E-state index in [1.165, 1.54) is 0 Å². The number of fused-ring (bicyclic) bond motifs is 1. The van der Waals surface area contributed by atoms with E-state index >= 15 is 0 Å². The summed E-state index contributed by atoms with van der Waals surface area (Å²) in [5.74, 6) is -1.50. The number of hydrogen-bond donors (Lipinski definition) is 2. The smallest absolute Gasteiger partial charge is 0.311 e. The number of benzene rings is 3. The zero-order valence-electron chi connectivity index (χ0n) is 23.0. The molecule has 4 rings (SSSR count). The number of carboxylic acid groups (broad SMARTS) is 1. The average Bonchev–Trinajstić information content (AvgIpc) is 3.28. The Morgan fingerprint density at radius 2 is 1.54 bits per heavy atom. The van der Waals surface area contributed by atoms with E-state index in [-0.39, 0.29) is 5.91 Å². The van der Waals surface area contributed by atoms with Gasteiger partial charge in [0.25, 0.3) is 0 Å². The number of likely N-dealkylation sites (N-methyl/N-ethyl adjacent to an activating group) is 2. The lowest BCUT2D eigenvalue weighted by atomic mass is 9.95. The topological polar surface area (TPSA) is 77.8 Å². The van der Waals surface area contributed by atoms with Crippen molar-refractivity contribution >= 4 is 22.8 Å². The van der Waals surface area contributed by atoms with Gasteiger partial charge in [-0.25, -0.2) is 5.01 Å². The van der Waals surface area contributed by atoms with Crippen molar-refractivity contribution in [1.82, 2.24) is 19.9 Å². The lowest BCUT2D eigenvalue weighted by Crippen LogP contribution is -2.54. The van der Waals surface area contributed by atoms with Crippen LogP contribution in [0.2, 0.25) is 0 Å². The van der Waals surface area contributed by atoms with E-state index in [2.05, 4.69) is 5.43 Å². The Hall–Kier alpha value is -3.94. The maximum Gasteiger partial charge on any atom is 0.311 e. The number of hydrazine groups is 1. The molecule has 1 amide bonds. The second-order valence-corrected chi connectivity index (χ2v) is 9.97. The highest BCUT2D eigenvalue weighted by molar-refractivity contribution is 5.89. The number of para-hydroxylation sites is 1. The minimum atomic E-state index is -0.851. The van der Waals surface area contributed by atoms with Crippen molar-refractivity contribution in [1.29, 1.82) is 0 Å². The summed E-state index contributed by atoms with van der Waals surface area (Å²) in [6, 6.07) is 27.4. The highest BCUT2D eigenvalue weighted by Crippen LogP contribution is 2.29. The number of aliphatic carboxylic acids is 1.